The van der Waals surface area contributed by atoms with Crippen LogP contribution in [0.4, 0.5) is 13.2 Å². The van der Waals surface area contributed by atoms with Gasteiger partial charge in [0.2, 0.25) is 17.7 Å². The monoisotopic (exact) mass is 407 g/mol. The van der Waals surface area contributed by atoms with Gasteiger partial charge in [-0.15, -0.1) is 0 Å². The van der Waals surface area contributed by atoms with E-state index in [1.807, 2.05) is 0 Å². The molecule has 1 aliphatic rings. The van der Waals surface area contributed by atoms with Crippen molar-refractivity contribution in [3.8, 4) is 0 Å². The Labute approximate surface area is 162 Å². The molecule has 0 radical (unpaired) electrons. The quantitative estimate of drug-likeness (QED) is 0.667. The molecule has 3 atom stereocenters. The lowest BCUT2D eigenvalue weighted by Gasteiger charge is -2.31. The van der Waals surface area contributed by atoms with E-state index in [-0.39, 0.29) is 18.9 Å². The van der Waals surface area contributed by atoms with Crippen molar-refractivity contribution < 1.29 is 32.3 Å². The Morgan fingerprint density at radius 1 is 0.964 bits per heavy atom. The van der Waals surface area contributed by atoms with Crippen molar-refractivity contribution in [3.05, 3.63) is 0 Å². The number of halogens is 3. The number of carbonyl (C=O) groups is 4. The van der Waals surface area contributed by atoms with E-state index in [2.05, 4.69) is 10.6 Å². The number of rotatable bonds is 7. The van der Waals surface area contributed by atoms with Crippen LogP contribution in [0.3, 0.4) is 0 Å². The molecule has 2 N–H and O–H groups in total. The van der Waals surface area contributed by atoms with Gasteiger partial charge in [-0.3, -0.25) is 19.2 Å². The molecule has 0 aromatic rings. The molecule has 3 amide bonds. The molecule has 160 valence electrons. The highest BCUT2D eigenvalue weighted by Gasteiger charge is 2.46. The van der Waals surface area contributed by atoms with Crippen LogP contribution in [-0.4, -0.2) is 59.3 Å². The summed E-state index contributed by atoms with van der Waals surface area (Å²) in [4.78, 5) is 49.7. The zero-order chi connectivity index (χ0) is 21.8. The first kappa shape index (κ1) is 23.9. The minimum Gasteiger partial charge on any atom is -0.344 e. The average molecular weight is 407 g/mol. The molecule has 28 heavy (non-hydrogen) atoms. The lowest BCUT2D eigenvalue weighted by molar-refractivity contribution is -0.175. The van der Waals surface area contributed by atoms with E-state index in [4.69, 9.17) is 0 Å². The van der Waals surface area contributed by atoms with Gasteiger partial charge in [-0.25, -0.2) is 0 Å². The smallest absolute Gasteiger partial charge is 0.344 e. The highest BCUT2D eigenvalue weighted by atomic mass is 19.4. The van der Waals surface area contributed by atoms with E-state index in [1.54, 1.807) is 13.8 Å². The van der Waals surface area contributed by atoms with Gasteiger partial charge >= 0.3 is 6.18 Å². The van der Waals surface area contributed by atoms with Crippen molar-refractivity contribution in [3.63, 3.8) is 0 Å². The van der Waals surface area contributed by atoms with E-state index in [0.717, 1.165) is 0 Å². The van der Waals surface area contributed by atoms with Crippen LogP contribution in [0.25, 0.3) is 0 Å². The summed E-state index contributed by atoms with van der Waals surface area (Å²) in [7, 11) is 0. The minimum absolute atomic E-state index is 0.240. The number of hydrogen-bond acceptors (Lipinski definition) is 4. The van der Waals surface area contributed by atoms with Gasteiger partial charge in [0.1, 0.15) is 12.1 Å². The van der Waals surface area contributed by atoms with E-state index < -0.39 is 53.7 Å². The average Bonchev–Trinajstić information content (AvgIpc) is 3.04. The summed E-state index contributed by atoms with van der Waals surface area (Å²) in [5, 5.41) is 4.72. The molecule has 3 unspecified atom stereocenters. The van der Waals surface area contributed by atoms with Gasteiger partial charge in [0.25, 0.3) is 5.78 Å². The molecule has 0 saturated carbocycles. The number of alkyl halides is 3. The van der Waals surface area contributed by atoms with Crippen LogP contribution < -0.4 is 10.6 Å². The number of amides is 3. The Bertz CT molecular complexity index is 620. The third-order valence-corrected chi connectivity index (χ3v) is 4.66. The Kier molecular flexibility index (Phi) is 8.01. The molecule has 1 rings (SSSR count). The molecule has 0 aliphatic carbocycles. The fraction of sp³-hybridized carbons (Fsp3) is 0.778. The first-order valence-corrected chi connectivity index (χ1v) is 9.26. The SMILES string of the molecule is CC(=O)NC(C(=O)N1CCCC1C(=O)NC(C(=O)C(F)(F)F)C(C)C)C(C)C. The van der Waals surface area contributed by atoms with Crippen LogP contribution in [0, 0.1) is 11.8 Å². The van der Waals surface area contributed by atoms with E-state index in [9.17, 15) is 32.3 Å². The Morgan fingerprint density at radius 2 is 1.50 bits per heavy atom. The van der Waals surface area contributed by atoms with Crippen LogP contribution in [0.15, 0.2) is 0 Å². The molecule has 0 bridgehead atoms. The van der Waals surface area contributed by atoms with E-state index in [1.165, 1.54) is 25.7 Å². The Morgan fingerprint density at radius 3 is 1.93 bits per heavy atom. The summed E-state index contributed by atoms with van der Waals surface area (Å²) < 4.78 is 38.4. The second-order valence-electron chi connectivity index (χ2n) is 7.70. The molecule has 0 aromatic heterocycles. The van der Waals surface area contributed by atoms with Gasteiger partial charge < -0.3 is 15.5 Å². The normalized spacial score (nSPS) is 19.5. The second kappa shape index (κ2) is 9.38. The molecule has 1 saturated heterocycles. The van der Waals surface area contributed by atoms with Crippen molar-refractivity contribution in [2.45, 2.75) is 71.8 Å². The lowest BCUT2D eigenvalue weighted by Crippen LogP contribution is -2.58. The number of hydrogen-bond donors (Lipinski definition) is 2. The summed E-state index contributed by atoms with van der Waals surface area (Å²) in [5.74, 6) is -4.70. The van der Waals surface area contributed by atoms with Gasteiger partial charge in [0.05, 0.1) is 6.04 Å². The molecule has 0 spiro atoms. The van der Waals surface area contributed by atoms with Crippen molar-refractivity contribution in [1.29, 1.82) is 0 Å². The number of carbonyl (C=O) groups excluding carboxylic acids is 4. The van der Waals surface area contributed by atoms with Crippen LogP contribution in [0.2, 0.25) is 0 Å². The third-order valence-electron chi connectivity index (χ3n) is 4.66. The van der Waals surface area contributed by atoms with Crippen LogP contribution in [0.1, 0.15) is 47.5 Å². The Hall–Kier alpha value is -2.13. The van der Waals surface area contributed by atoms with Crippen molar-refractivity contribution >= 4 is 23.5 Å². The Balaban J connectivity index is 2.98. The zero-order valence-electron chi connectivity index (χ0n) is 16.7. The van der Waals surface area contributed by atoms with Gasteiger partial charge in [0.15, 0.2) is 0 Å². The standard InChI is InChI=1S/C18H28F3N3O4/c1-9(2)13(15(26)18(19,20)21)23-16(27)12-7-6-8-24(12)17(28)14(10(3)4)22-11(5)25/h9-10,12-14H,6-8H2,1-5H3,(H,22,25)(H,23,27). The molecule has 0 aromatic carbocycles. The van der Waals surface area contributed by atoms with E-state index >= 15 is 0 Å². The largest absolute Gasteiger partial charge is 0.452 e. The summed E-state index contributed by atoms with van der Waals surface area (Å²) in [6.07, 6.45) is -4.30. The van der Waals surface area contributed by atoms with Gasteiger partial charge in [-0.05, 0) is 24.7 Å². The fourth-order valence-electron chi connectivity index (χ4n) is 3.18. The van der Waals surface area contributed by atoms with Crippen molar-refractivity contribution in [1.82, 2.24) is 15.5 Å². The summed E-state index contributed by atoms with van der Waals surface area (Å²) in [6, 6.07) is -3.55. The summed E-state index contributed by atoms with van der Waals surface area (Å²) in [6.45, 7) is 7.79. The predicted octanol–water partition coefficient (Wildman–Crippen LogP) is 1.41. The van der Waals surface area contributed by atoms with Gasteiger partial charge in [0, 0.05) is 13.5 Å². The summed E-state index contributed by atoms with van der Waals surface area (Å²) >= 11 is 0. The van der Waals surface area contributed by atoms with Crippen molar-refractivity contribution in [2.75, 3.05) is 6.54 Å². The molecular formula is C18H28F3N3O4. The maximum Gasteiger partial charge on any atom is 0.452 e. The van der Waals surface area contributed by atoms with Crippen LogP contribution in [0.5, 0.6) is 0 Å². The van der Waals surface area contributed by atoms with Gasteiger partial charge in [-0.2, -0.15) is 13.2 Å². The highest BCUT2D eigenvalue weighted by Crippen LogP contribution is 2.24. The number of ketones is 1. The van der Waals surface area contributed by atoms with Gasteiger partial charge in [-0.1, -0.05) is 27.7 Å². The third kappa shape index (κ3) is 5.93. The minimum atomic E-state index is -5.07. The first-order valence-electron chi connectivity index (χ1n) is 9.26. The van der Waals surface area contributed by atoms with Crippen molar-refractivity contribution in [2.24, 2.45) is 11.8 Å². The molecule has 10 heteroatoms. The molecule has 1 heterocycles. The maximum atomic E-state index is 12.8. The fourth-order valence-corrected chi connectivity index (χ4v) is 3.18. The van der Waals surface area contributed by atoms with Crippen LogP contribution >= 0.6 is 0 Å². The maximum absolute atomic E-state index is 12.8. The van der Waals surface area contributed by atoms with Crippen LogP contribution in [-0.2, 0) is 19.2 Å². The number of Topliss-reactive ketones (excluding diaryl/α,β-unsaturated/α-hetero) is 1. The second-order valence-corrected chi connectivity index (χ2v) is 7.70. The predicted molar refractivity (Wildman–Crippen MR) is 95.0 cm³/mol. The number of nitrogens with zero attached hydrogens (tertiary/aromatic N) is 1. The molecular weight excluding hydrogens is 379 g/mol. The topological polar surface area (TPSA) is 95.6 Å². The molecule has 1 aliphatic heterocycles. The number of nitrogens with one attached hydrogen (secondary N) is 2. The highest BCUT2D eigenvalue weighted by molar-refractivity contribution is 5.96. The zero-order valence-corrected chi connectivity index (χ0v) is 16.7. The summed E-state index contributed by atoms with van der Waals surface area (Å²) in [5.41, 5.74) is 0. The first-order chi connectivity index (χ1) is 12.8. The molecule has 1 fully saturated rings. The lowest BCUT2D eigenvalue weighted by atomic mass is 9.98. The molecule has 7 nitrogen and oxygen atoms in total. The van der Waals surface area contributed by atoms with E-state index in [0.29, 0.717) is 6.42 Å². The number of likely N-dealkylation sites (tertiary alicyclic amines) is 1.